The van der Waals surface area contributed by atoms with E-state index in [4.69, 9.17) is 5.84 Å². The van der Waals surface area contributed by atoms with E-state index < -0.39 is 0 Å². The molecule has 0 fully saturated rings. The maximum Gasteiger partial charge on any atom is 0.0935 e. The van der Waals surface area contributed by atoms with Crippen LogP contribution in [0.1, 0.15) is 32.4 Å². The molecule has 90 valence electrons. The van der Waals surface area contributed by atoms with Gasteiger partial charge >= 0.3 is 0 Å². The zero-order chi connectivity index (χ0) is 12.5. The normalized spacial score (nSPS) is 13.9. The van der Waals surface area contributed by atoms with Crippen LogP contribution in [0.2, 0.25) is 0 Å². The van der Waals surface area contributed by atoms with E-state index in [0.717, 1.165) is 16.6 Å². The van der Waals surface area contributed by atoms with Crippen molar-refractivity contribution in [3.8, 4) is 0 Å². The molecule has 1 atom stereocenters. The quantitative estimate of drug-likeness (QED) is 0.613. The molecule has 0 aliphatic carbocycles. The van der Waals surface area contributed by atoms with E-state index in [2.05, 4.69) is 36.2 Å². The number of fused-ring (bicyclic) bond motifs is 1. The SMILES string of the molecule is CC(C)(C)C(NN)c1cccc2nccnc12. The lowest BCUT2D eigenvalue weighted by molar-refractivity contribution is 0.277. The van der Waals surface area contributed by atoms with E-state index in [1.807, 2.05) is 18.2 Å². The highest BCUT2D eigenvalue weighted by Gasteiger charge is 2.26. The molecule has 0 spiro atoms. The summed E-state index contributed by atoms with van der Waals surface area (Å²) in [5, 5.41) is 0. The summed E-state index contributed by atoms with van der Waals surface area (Å²) in [6.07, 6.45) is 3.41. The second kappa shape index (κ2) is 4.39. The third kappa shape index (κ3) is 2.28. The van der Waals surface area contributed by atoms with Gasteiger partial charge in [0.25, 0.3) is 0 Å². The van der Waals surface area contributed by atoms with Gasteiger partial charge in [-0.1, -0.05) is 32.9 Å². The molecule has 2 aromatic rings. The number of benzene rings is 1. The zero-order valence-corrected chi connectivity index (χ0v) is 10.4. The number of nitrogens with two attached hydrogens (primary N) is 1. The number of nitrogens with zero attached hydrogens (tertiary/aromatic N) is 2. The van der Waals surface area contributed by atoms with E-state index in [1.165, 1.54) is 0 Å². The number of hydrazine groups is 1. The van der Waals surface area contributed by atoms with Crippen molar-refractivity contribution in [2.45, 2.75) is 26.8 Å². The van der Waals surface area contributed by atoms with Crippen molar-refractivity contribution in [3.05, 3.63) is 36.2 Å². The van der Waals surface area contributed by atoms with Crippen molar-refractivity contribution >= 4 is 11.0 Å². The highest BCUT2D eigenvalue weighted by molar-refractivity contribution is 5.78. The van der Waals surface area contributed by atoms with Crippen LogP contribution in [0.15, 0.2) is 30.6 Å². The third-order valence-corrected chi connectivity index (χ3v) is 2.87. The molecular weight excluding hydrogens is 212 g/mol. The van der Waals surface area contributed by atoms with Crippen molar-refractivity contribution in [1.29, 1.82) is 0 Å². The van der Waals surface area contributed by atoms with Crippen LogP contribution < -0.4 is 11.3 Å². The number of aromatic nitrogens is 2. The first kappa shape index (κ1) is 12.0. The van der Waals surface area contributed by atoms with Crippen molar-refractivity contribution in [3.63, 3.8) is 0 Å². The highest BCUT2D eigenvalue weighted by atomic mass is 15.2. The van der Waals surface area contributed by atoms with E-state index in [0.29, 0.717) is 0 Å². The monoisotopic (exact) mass is 230 g/mol. The van der Waals surface area contributed by atoms with Crippen LogP contribution >= 0.6 is 0 Å². The van der Waals surface area contributed by atoms with Gasteiger partial charge in [0.2, 0.25) is 0 Å². The molecule has 1 unspecified atom stereocenters. The summed E-state index contributed by atoms with van der Waals surface area (Å²) in [5.41, 5.74) is 5.79. The van der Waals surface area contributed by atoms with E-state index >= 15 is 0 Å². The Morgan fingerprint density at radius 2 is 1.88 bits per heavy atom. The fourth-order valence-corrected chi connectivity index (χ4v) is 2.05. The molecular formula is C13H18N4. The summed E-state index contributed by atoms with van der Waals surface area (Å²) in [7, 11) is 0. The molecule has 0 radical (unpaired) electrons. The van der Waals surface area contributed by atoms with Crippen LogP contribution in [0.25, 0.3) is 11.0 Å². The smallest absolute Gasteiger partial charge is 0.0935 e. The number of hydrogen-bond acceptors (Lipinski definition) is 4. The van der Waals surface area contributed by atoms with Crippen molar-refractivity contribution in [2.24, 2.45) is 11.3 Å². The summed E-state index contributed by atoms with van der Waals surface area (Å²) in [6.45, 7) is 6.44. The van der Waals surface area contributed by atoms with E-state index in [9.17, 15) is 0 Å². The molecule has 0 aliphatic rings. The number of rotatable bonds is 2. The molecule has 2 rings (SSSR count). The summed E-state index contributed by atoms with van der Waals surface area (Å²) in [5.74, 6) is 5.68. The molecule has 1 aromatic heterocycles. The topological polar surface area (TPSA) is 63.8 Å². The molecule has 3 N–H and O–H groups in total. The van der Waals surface area contributed by atoms with Gasteiger partial charge in [0, 0.05) is 12.4 Å². The van der Waals surface area contributed by atoms with Gasteiger partial charge in [-0.25, -0.2) is 0 Å². The zero-order valence-electron chi connectivity index (χ0n) is 10.4. The van der Waals surface area contributed by atoms with Gasteiger partial charge in [-0.2, -0.15) is 0 Å². The lowest BCUT2D eigenvalue weighted by atomic mass is 9.82. The maximum absolute atomic E-state index is 5.68. The molecule has 0 bridgehead atoms. The van der Waals surface area contributed by atoms with Gasteiger partial charge in [-0.3, -0.25) is 21.2 Å². The average Bonchev–Trinajstić information content (AvgIpc) is 2.28. The minimum absolute atomic E-state index is 0.0144. The number of hydrogen-bond donors (Lipinski definition) is 2. The minimum Gasteiger partial charge on any atom is -0.271 e. The molecule has 0 saturated carbocycles. The Bertz CT molecular complexity index is 511. The van der Waals surface area contributed by atoms with Crippen molar-refractivity contribution < 1.29 is 0 Å². The molecule has 0 aliphatic heterocycles. The Kier molecular flexibility index (Phi) is 3.09. The maximum atomic E-state index is 5.68. The molecule has 4 nitrogen and oxygen atoms in total. The summed E-state index contributed by atoms with van der Waals surface area (Å²) in [4.78, 5) is 8.71. The predicted octanol–water partition coefficient (Wildman–Crippen LogP) is 2.18. The van der Waals surface area contributed by atoms with Crippen LogP contribution in [0.5, 0.6) is 0 Å². The Hall–Kier alpha value is -1.52. The summed E-state index contributed by atoms with van der Waals surface area (Å²) < 4.78 is 0. The lowest BCUT2D eigenvalue weighted by Gasteiger charge is -2.30. The van der Waals surface area contributed by atoms with Crippen molar-refractivity contribution in [1.82, 2.24) is 15.4 Å². The van der Waals surface area contributed by atoms with E-state index in [-0.39, 0.29) is 11.5 Å². The second-order valence-corrected chi connectivity index (χ2v) is 5.24. The molecule has 4 heteroatoms. The minimum atomic E-state index is 0.0144. The van der Waals surface area contributed by atoms with Gasteiger partial charge in [0.1, 0.15) is 0 Å². The van der Waals surface area contributed by atoms with Gasteiger partial charge in [0.15, 0.2) is 0 Å². The Morgan fingerprint density at radius 3 is 2.53 bits per heavy atom. The van der Waals surface area contributed by atoms with Gasteiger partial charge in [0.05, 0.1) is 17.1 Å². The molecule has 17 heavy (non-hydrogen) atoms. The largest absolute Gasteiger partial charge is 0.271 e. The van der Waals surface area contributed by atoms with Crippen LogP contribution in [0.3, 0.4) is 0 Å². The fraction of sp³-hybridized carbons (Fsp3) is 0.385. The Balaban J connectivity index is 2.62. The molecule has 1 aromatic carbocycles. The van der Waals surface area contributed by atoms with Gasteiger partial charge in [-0.05, 0) is 17.0 Å². The summed E-state index contributed by atoms with van der Waals surface area (Å²) in [6, 6.07) is 6.04. The van der Waals surface area contributed by atoms with Gasteiger partial charge in [-0.15, -0.1) is 0 Å². The first-order chi connectivity index (χ1) is 8.04. The summed E-state index contributed by atoms with van der Waals surface area (Å²) >= 11 is 0. The molecule has 0 amide bonds. The Labute approximate surface area is 101 Å². The first-order valence-corrected chi connectivity index (χ1v) is 5.70. The fourth-order valence-electron chi connectivity index (χ4n) is 2.05. The van der Waals surface area contributed by atoms with Crippen molar-refractivity contribution in [2.75, 3.05) is 0 Å². The Morgan fingerprint density at radius 1 is 1.18 bits per heavy atom. The van der Waals surface area contributed by atoms with Crippen LogP contribution in [0, 0.1) is 5.41 Å². The standard InChI is InChI=1S/C13H18N4/c1-13(2,3)12(17-14)9-5-4-6-10-11(9)16-8-7-15-10/h4-8,12,17H,14H2,1-3H3. The van der Waals surface area contributed by atoms with Gasteiger partial charge < -0.3 is 0 Å². The van der Waals surface area contributed by atoms with Crippen LogP contribution in [-0.2, 0) is 0 Å². The lowest BCUT2D eigenvalue weighted by Crippen LogP contribution is -2.37. The second-order valence-electron chi connectivity index (χ2n) is 5.24. The number of para-hydroxylation sites is 1. The molecule has 1 heterocycles. The molecule has 0 saturated heterocycles. The predicted molar refractivity (Wildman–Crippen MR) is 69.1 cm³/mol. The van der Waals surface area contributed by atoms with Crippen LogP contribution in [-0.4, -0.2) is 9.97 Å². The first-order valence-electron chi connectivity index (χ1n) is 5.70. The number of nitrogens with one attached hydrogen (secondary N) is 1. The average molecular weight is 230 g/mol. The third-order valence-electron chi connectivity index (χ3n) is 2.87. The van der Waals surface area contributed by atoms with E-state index in [1.54, 1.807) is 12.4 Å². The highest BCUT2D eigenvalue weighted by Crippen LogP contribution is 2.34. The van der Waals surface area contributed by atoms with Crippen LogP contribution in [0.4, 0.5) is 0 Å².